The van der Waals surface area contributed by atoms with Gasteiger partial charge in [0.1, 0.15) is 5.82 Å². The van der Waals surface area contributed by atoms with Gasteiger partial charge in [0.25, 0.3) is 0 Å². The summed E-state index contributed by atoms with van der Waals surface area (Å²) in [4.78, 5) is 13.6. The average Bonchev–Trinajstić information content (AvgIpc) is 3.18. The highest BCUT2D eigenvalue weighted by atomic mass is 16.4. The molecule has 0 radical (unpaired) electrons. The molecule has 2 aliphatic rings. The van der Waals surface area contributed by atoms with Gasteiger partial charge in [0.2, 0.25) is 0 Å². The topological polar surface area (TPSA) is 70.4 Å². The van der Waals surface area contributed by atoms with Crippen molar-refractivity contribution in [2.45, 2.75) is 25.2 Å². The van der Waals surface area contributed by atoms with Crippen molar-refractivity contribution in [3.05, 3.63) is 41.1 Å². The van der Waals surface area contributed by atoms with Gasteiger partial charge in [0.05, 0.1) is 16.9 Å². The summed E-state index contributed by atoms with van der Waals surface area (Å²) in [5, 5.41) is 17.6. The molecule has 0 atom stereocenters. The maximum Gasteiger partial charge on any atom is 0.335 e. The first-order valence-corrected chi connectivity index (χ1v) is 8.51. The van der Waals surface area contributed by atoms with Crippen molar-refractivity contribution in [1.82, 2.24) is 14.7 Å². The Labute approximate surface area is 141 Å². The summed E-state index contributed by atoms with van der Waals surface area (Å²) in [5.41, 5.74) is 3.60. The maximum atomic E-state index is 11.3. The molecule has 2 N–H and O–H groups in total. The molecule has 2 aliphatic heterocycles. The Kier molecular flexibility index (Phi) is 3.76. The van der Waals surface area contributed by atoms with Crippen molar-refractivity contribution in [3.63, 3.8) is 0 Å². The van der Waals surface area contributed by atoms with Gasteiger partial charge in [-0.25, -0.2) is 9.48 Å². The van der Waals surface area contributed by atoms with Gasteiger partial charge >= 0.3 is 5.97 Å². The number of carbonyl (C=O) groups is 1. The van der Waals surface area contributed by atoms with Crippen LogP contribution < -0.4 is 5.32 Å². The molecular weight excluding hydrogens is 304 g/mol. The number of aromatic nitrogens is 2. The summed E-state index contributed by atoms with van der Waals surface area (Å²) in [7, 11) is 2.16. The number of carboxylic acid groups (broad SMARTS) is 1. The number of fused-ring (bicyclic) bond motifs is 1. The smallest absolute Gasteiger partial charge is 0.335 e. The standard InChI is InChI=1S/C18H22N4O2/c1-21-9-6-12(7-10-21)16-15-5-8-19-17(15)22(20-16)14-4-2-3-13(11-14)18(23)24/h2-4,11-12,19H,5-10H2,1H3,(H,23,24). The lowest BCUT2D eigenvalue weighted by Crippen LogP contribution is -2.29. The number of carboxylic acids is 1. The van der Waals surface area contributed by atoms with Crippen LogP contribution in [0.3, 0.4) is 0 Å². The normalized spacial score (nSPS) is 18.4. The van der Waals surface area contributed by atoms with Gasteiger partial charge in [-0.15, -0.1) is 0 Å². The van der Waals surface area contributed by atoms with E-state index in [-0.39, 0.29) is 5.56 Å². The summed E-state index contributed by atoms with van der Waals surface area (Å²) in [6.07, 6.45) is 3.26. The lowest BCUT2D eigenvalue weighted by molar-refractivity contribution is 0.0697. The molecule has 1 fully saturated rings. The fourth-order valence-electron chi connectivity index (χ4n) is 3.77. The van der Waals surface area contributed by atoms with Crippen molar-refractivity contribution in [2.75, 3.05) is 32.0 Å². The number of aromatic carboxylic acids is 1. The van der Waals surface area contributed by atoms with E-state index in [4.69, 9.17) is 5.10 Å². The van der Waals surface area contributed by atoms with Gasteiger partial charge in [-0.05, 0) is 57.6 Å². The molecule has 24 heavy (non-hydrogen) atoms. The summed E-state index contributed by atoms with van der Waals surface area (Å²) in [6.45, 7) is 3.13. The molecule has 1 aromatic heterocycles. The third kappa shape index (κ3) is 2.57. The van der Waals surface area contributed by atoms with E-state index in [1.165, 1.54) is 11.3 Å². The first-order valence-electron chi connectivity index (χ1n) is 8.51. The van der Waals surface area contributed by atoms with Gasteiger partial charge in [-0.2, -0.15) is 5.10 Å². The molecule has 2 aromatic rings. The Morgan fingerprint density at radius 1 is 1.33 bits per heavy atom. The zero-order chi connectivity index (χ0) is 16.7. The van der Waals surface area contributed by atoms with Crippen LogP contribution in [0.1, 0.15) is 40.4 Å². The Hall–Kier alpha value is -2.34. The van der Waals surface area contributed by atoms with E-state index in [1.54, 1.807) is 18.2 Å². The van der Waals surface area contributed by atoms with E-state index in [9.17, 15) is 9.90 Å². The van der Waals surface area contributed by atoms with Crippen LogP contribution in [-0.4, -0.2) is 52.4 Å². The minimum Gasteiger partial charge on any atom is -0.478 e. The highest BCUT2D eigenvalue weighted by Gasteiger charge is 2.29. The number of rotatable bonds is 3. The third-order valence-corrected chi connectivity index (χ3v) is 5.12. The van der Waals surface area contributed by atoms with Gasteiger partial charge < -0.3 is 15.3 Å². The van der Waals surface area contributed by atoms with Gasteiger partial charge in [0, 0.05) is 18.0 Å². The van der Waals surface area contributed by atoms with E-state index in [0.717, 1.165) is 50.4 Å². The minimum atomic E-state index is -0.913. The predicted molar refractivity (Wildman–Crippen MR) is 92.2 cm³/mol. The molecule has 6 heteroatoms. The second-order valence-corrected chi connectivity index (χ2v) is 6.73. The molecule has 0 saturated carbocycles. The molecule has 0 bridgehead atoms. The van der Waals surface area contributed by atoms with Crippen LogP contribution in [0, 0.1) is 0 Å². The zero-order valence-corrected chi connectivity index (χ0v) is 13.8. The van der Waals surface area contributed by atoms with Crippen LogP contribution in [-0.2, 0) is 6.42 Å². The fraction of sp³-hybridized carbons (Fsp3) is 0.444. The number of likely N-dealkylation sites (tertiary alicyclic amines) is 1. The van der Waals surface area contributed by atoms with Crippen molar-refractivity contribution in [3.8, 4) is 5.69 Å². The van der Waals surface area contributed by atoms with Crippen molar-refractivity contribution < 1.29 is 9.90 Å². The molecule has 0 spiro atoms. The quantitative estimate of drug-likeness (QED) is 0.906. The van der Waals surface area contributed by atoms with Gasteiger partial charge in [0.15, 0.2) is 0 Å². The molecule has 126 valence electrons. The number of hydrogen-bond donors (Lipinski definition) is 2. The second-order valence-electron chi connectivity index (χ2n) is 6.73. The number of benzene rings is 1. The van der Waals surface area contributed by atoms with E-state index in [2.05, 4.69) is 17.3 Å². The fourth-order valence-corrected chi connectivity index (χ4v) is 3.77. The molecule has 0 aliphatic carbocycles. The lowest BCUT2D eigenvalue weighted by atomic mass is 9.91. The molecule has 0 amide bonds. The second kappa shape index (κ2) is 5.94. The summed E-state index contributed by atoms with van der Waals surface area (Å²) in [5.74, 6) is 0.620. The molecule has 1 saturated heterocycles. The number of nitrogens with one attached hydrogen (secondary N) is 1. The number of piperidine rings is 1. The molecular formula is C18H22N4O2. The van der Waals surface area contributed by atoms with E-state index >= 15 is 0 Å². The first-order chi connectivity index (χ1) is 11.6. The SMILES string of the molecule is CN1CCC(c2nn(-c3cccc(C(=O)O)c3)c3c2CCN3)CC1. The number of nitrogens with zero attached hydrogens (tertiary/aromatic N) is 3. The summed E-state index contributed by atoms with van der Waals surface area (Å²) in [6, 6.07) is 6.99. The van der Waals surface area contributed by atoms with Crippen LogP contribution in [0.25, 0.3) is 5.69 Å². The van der Waals surface area contributed by atoms with Crippen LogP contribution in [0.4, 0.5) is 5.82 Å². The van der Waals surface area contributed by atoms with Crippen LogP contribution in [0.5, 0.6) is 0 Å². The Balaban J connectivity index is 1.74. The highest BCUT2D eigenvalue weighted by molar-refractivity contribution is 5.88. The Bertz CT molecular complexity index is 775. The molecule has 1 aromatic carbocycles. The van der Waals surface area contributed by atoms with Crippen molar-refractivity contribution in [2.24, 2.45) is 0 Å². The van der Waals surface area contributed by atoms with Crippen LogP contribution in [0.15, 0.2) is 24.3 Å². The maximum absolute atomic E-state index is 11.3. The van der Waals surface area contributed by atoms with Crippen LogP contribution >= 0.6 is 0 Å². The van der Waals surface area contributed by atoms with E-state index in [0.29, 0.717) is 5.92 Å². The predicted octanol–water partition coefficient (Wildman–Crippen LogP) is 2.35. The highest BCUT2D eigenvalue weighted by Crippen LogP contribution is 2.36. The van der Waals surface area contributed by atoms with Crippen molar-refractivity contribution >= 4 is 11.8 Å². The lowest BCUT2D eigenvalue weighted by Gasteiger charge is -2.28. The monoisotopic (exact) mass is 326 g/mol. The molecule has 4 rings (SSSR count). The molecule has 6 nitrogen and oxygen atoms in total. The third-order valence-electron chi connectivity index (χ3n) is 5.12. The van der Waals surface area contributed by atoms with E-state index in [1.807, 2.05) is 10.7 Å². The Morgan fingerprint density at radius 3 is 2.88 bits per heavy atom. The van der Waals surface area contributed by atoms with Gasteiger partial charge in [-0.1, -0.05) is 6.07 Å². The first kappa shape index (κ1) is 15.2. The number of anilines is 1. The summed E-state index contributed by atoms with van der Waals surface area (Å²) < 4.78 is 1.89. The number of hydrogen-bond acceptors (Lipinski definition) is 4. The van der Waals surface area contributed by atoms with Crippen LogP contribution in [0.2, 0.25) is 0 Å². The largest absolute Gasteiger partial charge is 0.478 e. The zero-order valence-electron chi connectivity index (χ0n) is 13.8. The van der Waals surface area contributed by atoms with Gasteiger partial charge in [-0.3, -0.25) is 0 Å². The molecule has 0 unspecified atom stereocenters. The average molecular weight is 326 g/mol. The minimum absolute atomic E-state index is 0.288. The Morgan fingerprint density at radius 2 is 2.12 bits per heavy atom. The van der Waals surface area contributed by atoms with E-state index < -0.39 is 5.97 Å². The van der Waals surface area contributed by atoms with Crippen molar-refractivity contribution in [1.29, 1.82) is 0 Å². The molecule has 3 heterocycles. The summed E-state index contributed by atoms with van der Waals surface area (Å²) >= 11 is 0.